The Morgan fingerprint density at radius 1 is 1.09 bits per heavy atom. The van der Waals surface area contributed by atoms with Gasteiger partial charge >= 0.3 is 5.69 Å². The second-order valence-electron chi connectivity index (χ2n) is 8.88. The zero-order valence-electron chi connectivity index (χ0n) is 18.6. The van der Waals surface area contributed by atoms with Crippen LogP contribution in [0, 0.1) is 0 Å². The molecule has 10 nitrogen and oxygen atoms in total. The first-order chi connectivity index (χ1) is 16.0. The average molecular weight is 453 g/mol. The highest BCUT2D eigenvalue weighted by atomic mass is 16.5. The molecule has 0 bridgehead atoms. The van der Waals surface area contributed by atoms with Gasteiger partial charge in [0.05, 0.1) is 24.3 Å². The lowest BCUT2D eigenvalue weighted by Crippen LogP contribution is -2.46. The molecule has 1 saturated carbocycles. The number of carbonyl (C=O) groups excluding carboxylic acids is 3. The smallest absolute Gasteiger partial charge is 0.346 e. The summed E-state index contributed by atoms with van der Waals surface area (Å²) in [5.41, 5.74) is 0.544. The number of likely N-dealkylation sites (tertiary alicyclic amines) is 1. The third kappa shape index (κ3) is 3.88. The molecule has 0 N–H and O–H groups in total. The van der Waals surface area contributed by atoms with Gasteiger partial charge in [-0.15, -0.1) is 0 Å². The molecule has 3 aliphatic rings. The van der Waals surface area contributed by atoms with E-state index in [0.29, 0.717) is 37.4 Å². The first-order valence-electron chi connectivity index (χ1n) is 11.4. The number of nitrogens with zero attached hydrogens (tertiary/aromatic N) is 5. The Morgan fingerprint density at radius 3 is 2.42 bits per heavy atom. The fraction of sp³-hybridized carbons (Fsp3) is 0.522. The van der Waals surface area contributed by atoms with E-state index in [4.69, 9.17) is 4.74 Å². The van der Waals surface area contributed by atoms with Gasteiger partial charge in [-0.05, 0) is 37.8 Å². The third-order valence-electron chi connectivity index (χ3n) is 6.63. The molecular formula is C23H27N5O5. The number of benzene rings is 1. The van der Waals surface area contributed by atoms with Gasteiger partial charge in [-0.25, -0.2) is 9.48 Å². The van der Waals surface area contributed by atoms with Crippen molar-refractivity contribution in [3.63, 3.8) is 0 Å². The summed E-state index contributed by atoms with van der Waals surface area (Å²) in [4.78, 5) is 54.0. The molecule has 2 fully saturated rings. The lowest BCUT2D eigenvalue weighted by atomic mass is 9.97. The fourth-order valence-electron chi connectivity index (χ4n) is 4.75. The van der Waals surface area contributed by atoms with E-state index in [0.717, 1.165) is 36.4 Å². The molecule has 3 amide bonds. The van der Waals surface area contributed by atoms with Crippen LogP contribution in [0.3, 0.4) is 0 Å². The van der Waals surface area contributed by atoms with Crippen LogP contribution in [0.15, 0.2) is 29.1 Å². The van der Waals surface area contributed by atoms with Crippen molar-refractivity contribution < 1.29 is 19.1 Å². The normalized spacial score (nSPS) is 20.5. The Kier molecular flexibility index (Phi) is 5.61. The molecule has 1 aromatic carbocycles. The van der Waals surface area contributed by atoms with Gasteiger partial charge in [0.15, 0.2) is 0 Å². The standard InChI is InChI=1S/C23H27N5O5/c1-33-12-11-27-23(32)28(16-8-9-16)20(24-27)15-5-4-10-25(13-15)19(29)14-26-21(30)17-6-2-3-7-18(17)22(26)31/h2-3,6-7,15-16H,4-5,8-14H2,1H3. The van der Waals surface area contributed by atoms with Crippen molar-refractivity contribution in [2.75, 3.05) is 33.4 Å². The maximum absolute atomic E-state index is 13.1. The van der Waals surface area contributed by atoms with Crippen LogP contribution in [0.25, 0.3) is 0 Å². The van der Waals surface area contributed by atoms with Crippen molar-refractivity contribution in [2.45, 2.75) is 44.2 Å². The molecule has 10 heteroatoms. The van der Waals surface area contributed by atoms with E-state index in [1.165, 1.54) is 4.68 Å². The van der Waals surface area contributed by atoms with Gasteiger partial charge in [-0.1, -0.05) is 12.1 Å². The van der Waals surface area contributed by atoms with Gasteiger partial charge in [0.25, 0.3) is 11.8 Å². The van der Waals surface area contributed by atoms with E-state index in [1.54, 1.807) is 40.8 Å². The van der Waals surface area contributed by atoms with Crippen LogP contribution in [0.4, 0.5) is 0 Å². The second-order valence-corrected chi connectivity index (χ2v) is 8.88. The summed E-state index contributed by atoms with van der Waals surface area (Å²) in [7, 11) is 1.59. The summed E-state index contributed by atoms with van der Waals surface area (Å²) in [5.74, 6) is -0.485. The largest absolute Gasteiger partial charge is 0.383 e. The highest BCUT2D eigenvalue weighted by Gasteiger charge is 2.39. The zero-order chi connectivity index (χ0) is 23.1. The Bertz CT molecular complexity index is 1130. The van der Waals surface area contributed by atoms with Crippen LogP contribution in [0.2, 0.25) is 0 Å². The summed E-state index contributed by atoms with van der Waals surface area (Å²) in [6.07, 6.45) is 3.50. The SMILES string of the molecule is COCCn1nc(C2CCCN(C(=O)CN3C(=O)c4ccccc4C3=O)C2)n(C2CC2)c1=O. The van der Waals surface area contributed by atoms with Crippen LogP contribution in [-0.2, 0) is 16.1 Å². The Morgan fingerprint density at radius 2 is 1.79 bits per heavy atom. The van der Waals surface area contributed by atoms with E-state index < -0.39 is 11.8 Å². The highest BCUT2D eigenvalue weighted by molar-refractivity contribution is 6.22. The fourth-order valence-corrected chi connectivity index (χ4v) is 4.75. The molecule has 174 valence electrons. The molecule has 0 spiro atoms. The quantitative estimate of drug-likeness (QED) is 0.580. The number of aromatic nitrogens is 3. The van der Waals surface area contributed by atoms with E-state index >= 15 is 0 Å². The minimum atomic E-state index is -0.433. The molecule has 2 aromatic rings. The van der Waals surface area contributed by atoms with Crippen LogP contribution in [0.5, 0.6) is 0 Å². The summed E-state index contributed by atoms with van der Waals surface area (Å²) >= 11 is 0. The molecule has 5 rings (SSSR count). The number of piperidine rings is 1. The number of fused-ring (bicyclic) bond motifs is 1. The van der Waals surface area contributed by atoms with E-state index in [1.807, 2.05) is 0 Å². The topological polar surface area (TPSA) is 107 Å². The first-order valence-corrected chi connectivity index (χ1v) is 11.4. The van der Waals surface area contributed by atoms with Crippen molar-refractivity contribution >= 4 is 17.7 Å². The average Bonchev–Trinajstić information content (AvgIpc) is 3.58. The summed E-state index contributed by atoms with van der Waals surface area (Å²) in [6, 6.07) is 6.79. The first kappa shape index (κ1) is 21.6. The number of hydrogen-bond acceptors (Lipinski definition) is 6. The molecule has 1 saturated heterocycles. The molecule has 1 aliphatic carbocycles. The molecule has 1 atom stereocenters. The number of carbonyl (C=O) groups is 3. The minimum absolute atomic E-state index is 0.0676. The summed E-state index contributed by atoms with van der Waals surface area (Å²) < 4.78 is 8.35. The van der Waals surface area contributed by atoms with Crippen molar-refractivity contribution in [3.05, 3.63) is 51.7 Å². The van der Waals surface area contributed by atoms with Gasteiger partial charge in [-0.3, -0.25) is 23.9 Å². The van der Waals surface area contributed by atoms with Crippen LogP contribution < -0.4 is 5.69 Å². The highest BCUT2D eigenvalue weighted by Crippen LogP contribution is 2.37. The molecule has 1 unspecified atom stereocenters. The number of ether oxygens (including phenoxy) is 1. The monoisotopic (exact) mass is 453 g/mol. The predicted molar refractivity (Wildman–Crippen MR) is 117 cm³/mol. The number of imide groups is 1. The molecule has 0 radical (unpaired) electrons. The molecule has 2 aliphatic heterocycles. The molecule has 3 heterocycles. The van der Waals surface area contributed by atoms with Gasteiger partial charge < -0.3 is 9.64 Å². The van der Waals surface area contributed by atoms with Gasteiger partial charge in [0.1, 0.15) is 12.4 Å². The van der Waals surface area contributed by atoms with E-state index in [9.17, 15) is 19.2 Å². The molecular weight excluding hydrogens is 426 g/mol. The van der Waals surface area contributed by atoms with Gasteiger partial charge in [-0.2, -0.15) is 5.10 Å². The number of hydrogen-bond donors (Lipinski definition) is 0. The number of rotatable bonds is 7. The lowest BCUT2D eigenvalue weighted by Gasteiger charge is -2.33. The van der Waals surface area contributed by atoms with Gasteiger partial charge in [0.2, 0.25) is 5.91 Å². The van der Waals surface area contributed by atoms with Gasteiger partial charge in [0, 0.05) is 32.2 Å². The predicted octanol–water partition coefficient (Wildman–Crippen LogP) is 1.03. The maximum Gasteiger partial charge on any atom is 0.346 e. The Labute approximate surface area is 190 Å². The lowest BCUT2D eigenvalue weighted by molar-refractivity contribution is -0.132. The molecule has 1 aromatic heterocycles. The van der Waals surface area contributed by atoms with Crippen LogP contribution >= 0.6 is 0 Å². The Hall–Kier alpha value is -3.27. The summed E-state index contributed by atoms with van der Waals surface area (Å²) in [6.45, 7) is 1.47. The number of amides is 3. The van der Waals surface area contributed by atoms with Crippen molar-refractivity contribution in [2.24, 2.45) is 0 Å². The zero-order valence-corrected chi connectivity index (χ0v) is 18.6. The van der Waals surface area contributed by atoms with Crippen molar-refractivity contribution in [3.8, 4) is 0 Å². The Balaban J connectivity index is 1.32. The minimum Gasteiger partial charge on any atom is -0.383 e. The van der Waals surface area contributed by atoms with Crippen LogP contribution in [0.1, 0.15) is 64.2 Å². The van der Waals surface area contributed by atoms with E-state index in [-0.39, 0.29) is 30.1 Å². The van der Waals surface area contributed by atoms with Crippen molar-refractivity contribution in [1.82, 2.24) is 24.1 Å². The van der Waals surface area contributed by atoms with Crippen LogP contribution in [-0.4, -0.2) is 75.2 Å². The maximum atomic E-state index is 13.1. The second kappa shape index (κ2) is 8.58. The number of methoxy groups -OCH3 is 1. The summed E-state index contributed by atoms with van der Waals surface area (Å²) in [5, 5.41) is 4.61. The van der Waals surface area contributed by atoms with E-state index in [2.05, 4.69) is 5.10 Å². The van der Waals surface area contributed by atoms with Crippen molar-refractivity contribution in [1.29, 1.82) is 0 Å². The molecule has 33 heavy (non-hydrogen) atoms. The third-order valence-corrected chi connectivity index (χ3v) is 6.63.